The Bertz CT molecular complexity index is 485. The molecular weight excluding hydrogens is 255 g/mol. The van der Waals surface area contributed by atoms with Gasteiger partial charge in [0, 0.05) is 24.2 Å². The molecule has 2 saturated heterocycles. The van der Waals surface area contributed by atoms with Gasteiger partial charge in [0.2, 0.25) is 5.91 Å². The third kappa shape index (κ3) is 3.18. The van der Waals surface area contributed by atoms with Gasteiger partial charge in [-0.15, -0.1) is 0 Å². The first kappa shape index (κ1) is 13.6. The summed E-state index contributed by atoms with van der Waals surface area (Å²) in [7, 11) is 0. The second-order valence-corrected chi connectivity index (χ2v) is 6.24. The van der Waals surface area contributed by atoms with Crippen LogP contribution in [-0.2, 0) is 4.79 Å². The Balaban J connectivity index is 1.57. The van der Waals surface area contributed by atoms with E-state index >= 15 is 0 Å². The fourth-order valence-corrected chi connectivity index (χ4v) is 3.62. The second-order valence-electron chi connectivity index (χ2n) is 6.24. The Hall–Kier alpha value is -1.42. The van der Waals surface area contributed by atoms with Gasteiger partial charge in [-0.2, -0.15) is 0 Å². The van der Waals surface area contributed by atoms with Gasteiger partial charge in [0.15, 0.2) is 0 Å². The summed E-state index contributed by atoms with van der Waals surface area (Å²) in [6.07, 6.45) is 5.21. The van der Waals surface area contributed by atoms with Crippen LogP contribution in [0.5, 0.6) is 0 Å². The molecule has 20 heavy (non-hydrogen) atoms. The number of hydrogen-bond acceptors (Lipinski definition) is 2. The first-order valence-corrected chi connectivity index (χ1v) is 7.41. The summed E-state index contributed by atoms with van der Waals surface area (Å²) in [5.74, 6) is 0.157. The summed E-state index contributed by atoms with van der Waals surface area (Å²) in [6, 6.07) is 5.83. The van der Waals surface area contributed by atoms with Gasteiger partial charge >= 0.3 is 0 Å². The topological polar surface area (TPSA) is 41.1 Å². The van der Waals surface area contributed by atoms with Crippen molar-refractivity contribution in [2.45, 2.75) is 51.1 Å². The molecule has 1 aromatic rings. The zero-order chi connectivity index (χ0) is 14.1. The summed E-state index contributed by atoms with van der Waals surface area (Å²) >= 11 is 0. The molecule has 0 saturated carbocycles. The summed E-state index contributed by atoms with van der Waals surface area (Å²) in [5.41, 5.74) is 1.38. The third-order valence-electron chi connectivity index (χ3n) is 4.37. The number of carbonyl (C=O) groups excluding carboxylic acids is 1. The van der Waals surface area contributed by atoms with E-state index in [9.17, 15) is 9.18 Å². The molecular formula is C16H21FN2O. The Morgan fingerprint density at radius 3 is 2.65 bits per heavy atom. The lowest BCUT2D eigenvalue weighted by Gasteiger charge is -2.28. The Morgan fingerprint density at radius 2 is 2.00 bits per heavy atom. The normalized spacial score (nSPS) is 28.4. The lowest BCUT2D eigenvalue weighted by Crippen LogP contribution is -2.39. The van der Waals surface area contributed by atoms with E-state index in [1.165, 1.54) is 25.0 Å². The van der Waals surface area contributed by atoms with Crippen LogP contribution in [0.3, 0.4) is 0 Å². The van der Waals surface area contributed by atoms with E-state index in [-0.39, 0.29) is 11.7 Å². The lowest BCUT2D eigenvalue weighted by atomic mass is 9.89. The smallest absolute Gasteiger partial charge is 0.224 e. The molecule has 2 N–H and O–H groups in total. The van der Waals surface area contributed by atoms with Gasteiger partial charge in [0.05, 0.1) is 0 Å². The Kier molecular flexibility index (Phi) is 3.74. The molecule has 1 amide bonds. The van der Waals surface area contributed by atoms with E-state index in [2.05, 4.69) is 10.6 Å². The van der Waals surface area contributed by atoms with Crippen molar-refractivity contribution < 1.29 is 9.18 Å². The number of anilines is 1. The number of halogens is 1. The summed E-state index contributed by atoms with van der Waals surface area (Å²) < 4.78 is 13.3. The summed E-state index contributed by atoms with van der Waals surface area (Å²) in [4.78, 5) is 12.1. The minimum absolute atomic E-state index is 0.00120. The minimum atomic E-state index is -0.305. The molecule has 2 fully saturated rings. The molecule has 2 atom stereocenters. The molecule has 3 rings (SSSR count). The molecule has 0 aliphatic carbocycles. The molecule has 2 bridgehead atoms. The number of nitrogens with one attached hydrogen (secondary N) is 2. The van der Waals surface area contributed by atoms with Gasteiger partial charge in [-0.25, -0.2) is 4.39 Å². The number of hydrogen-bond donors (Lipinski definition) is 2. The van der Waals surface area contributed by atoms with Crippen molar-refractivity contribution in [2.24, 2.45) is 5.92 Å². The van der Waals surface area contributed by atoms with Crippen molar-refractivity contribution in [3.8, 4) is 0 Å². The molecule has 1 aromatic carbocycles. The zero-order valence-corrected chi connectivity index (χ0v) is 11.8. The van der Waals surface area contributed by atoms with Crippen molar-refractivity contribution in [1.82, 2.24) is 5.32 Å². The van der Waals surface area contributed by atoms with Crippen LogP contribution >= 0.6 is 0 Å². The highest BCUT2D eigenvalue weighted by Crippen LogP contribution is 2.32. The first-order chi connectivity index (χ1) is 9.58. The van der Waals surface area contributed by atoms with Crippen molar-refractivity contribution in [1.29, 1.82) is 0 Å². The molecule has 0 spiro atoms. The molecule has 0 radical (unpaired) electrons. The third-order valence-corrected chi connectivity index (χ3v) is 4.37. The molecule has 0 aromatic heterocycles. The van der Waals surface area contributed by atoms with E-state index in [0.717, 1.165) is 18.4 Å². The van der Waals surface area contributed by atoms with Crippen LogP contribution in [0.1, 0.15) is 37.7 Å². The van der Waals surface area contributed by atoms with Crippen molar-refractivity contribution >= 4 is 11.6 Å². The fourth-order valence-electron chi connectivity index (χ4n) is 3.62. The summed E-state index contributed by atoms with van der Waals surface area (Å²) in [5, 5.41) is 6.40. The highest BCUT2D eigenvalue weighted by Gasteiger charge is 2.34. The lowest BCUT2D eigenvalue weighted by molar-refractivity contribution is -0.117. The van der Waals surface area contributed by atoms with Gasteiger partial charge < -0.3 is 10.6 Å². The highest BCUT2D eigenvalue weighted by molar-refractivity contribution is 5.90. The average molecular weight is 276 g/mol. The Labute approximate surface area is 118 Å². The van der Waals surface area contributed by atoms with Gasteiger partial charge in [-0.1, -0.05) is 0 Å². The maximum atomic E-state index is 13.3. The molecule has 4 heteroatoms. The van der Waals surface area contributed by atoms with E-state index in [1.807, 2.05) is 6.92 Å². The largest absolute Gasteiger partial charge is 0.326 e. The zero-order valence-electron chi connectivity index (χ0n) is 11.8. The first-order valence-electron chi connectivity index (χ1n) is 7.41. The standard InChI is InChI=1S/C16H21FN2O/c1-10-4-12(17)9-15(5-10)19-16(20)8-11-6-13-2-3-14(7-11)18-13/h4-5,9,11,13-14,18H,2-3,6-8H2,1H3,(H,19,20). The fraction of sp³-hybridized carbons (Fsp3) is 0.562. The van der Waals surface area contributed by atoms with Gasteiger partial charge in [0.25, 0.3) is 0 Å². The van der Waals surface area contributed by atoms with Crippen LogP contribution in [-0.4, -0.2) is 18.0 Å². The SMILES string of the molecule is Cc1cc(F)cc(NC(=O)CC2CC3CCC(C2)N3)c1. The second kappa shape index (κ2) is 5.52. The number of fused-ring (bicyclic) bond motifs is 2. The maximum Gasteiger partial charge on any atom is 0.224 e. The van der Waals surface area contributed by atoms with Gasteiger partial charge in [0.1, 0.15) is 5.82 Å². The van der Waals surface area contributed by atoms with Crippen LogP contribution < -0.4 is 10.6 Å². The van der Waals surface area contributed by atoms with Gasteiger partial charge in [-0.05, 0) is 62.3 Å². The molecule has 108 valence electrons. The molecule has 2 heterocycles. The van der Waals surface area contributed by atoms with Crippen molar-refractivity contribution in [3.63, 3.8) is 0 Å². The van der Waals surface area contributed by atoms with E-state index < -0.39 is 0 Å². The molecule has 2 unspecified atom stereocenters. The van der Waals surface area contributed by atoms with E-state index in [1.54, 1.807) is 6.07 Å². The Morgan fingerprint density at radius 1 is 1.30 bits per heavy atom. The van der Waals surface area contributed by atoms with Crippen LogP contribution in [0.25, 0.3) is 0 Å². The molecule has 3 nitrogen and oxygen atoms in total. The number of rotatable bonds is 3. The number of amides is 1. The van der Waals surface area contributed by atoms with Crippen LogP contribution in [0, 0.1) is 18.7 Å². The molecule has 2 aliphatic rings. The number of carbonyl (C=O) groups is 1. The maximum absolute atomic E-state index is 13.3. The highest BCUT2D eigenvalue weighted by atomic mass is 19.1. The minimum Gasteiger partial charge on any atom is -0.326 e. The monoisotopic (exact) mass is 276 g/mol. The van der Waals surface area contributed by atoms with Crippen LogP contribution in [0.4, 0.5) is 10.1 Å². The van der Waals surface area contributed by atoms with Crippen LogP contribution in [0.15, 0.2) is 18.2 Å². The van der Waals surface area contributed by atoms with Gasteiger partial charge in [-0.3, -0.25) is 4.79 Å². The predicted molar refractivity (Wildman–Crippen MR) is 77.1 cm³/mol. The average Bonchev–Trinajstić information content (AvgIpc) is 2.67. The molecule has 2 aliphatic heterocycles. The van der Waals surface area contributed by atoms with Crippen molar-refractivity contribution in [3.05, 3.63) is 29.6 Å². The van der Waals surface area contributed by atoms with E-state index in [0.29, 0.717) is 30.1 Å². The van der Waals surface area contributed by atoms with E-state index in [4.69, 9.17) is 0 Å². The van der Waals surface area contributed by atoms with Crippen LogP contribution in [0.2, 0.25) is 0 Å². The van der Waals surface area contributed by atoms with Crippen molar-refractivity contribution in [2.75, 3.05) is 5.32 Å². The summed E-state index contributed by atoms with van der Waals surface area (Å²) in [6.45, 7) is 1.82. The number of piperidine rings is 1. The number of benzene rings is 1. The number of aryl methyl sites for hydroxylation is 1. The predicted octanol–water partition coefficient (Wildman–Crippen LogP) is 2.99. The quantitative estimate of drug-likeness (QED) is 0.891.